The first-order chi connectivity index (χ1) is 9.20. The third-order valence-electron chi connectivity index (χ3n) is 3.48. The Labute approximate surface area is 113 Å². The van der Waals surface area contributed by atoms with Gasteiger partial charge in [0.25, 0.3) is 5.91 Å². The average Bonchev–Trinajstić information content (AvgIpc) is 2.64. The minimum Gasteiger partial charge on any atom is -0.489 e. The second kappa shape index (κ2) is 6.52. The van der Waals surface area contributed by atoms with E-state index in [1.807, 2.05) is 0 Å². The molecular formula is C14H21N3O2. The number of nitrogens with two attached hydrogens (primary N) is 1. The van der Waals surface area contributed by atoms with Crippen molar-refractivity contribution in [1.29, 1.82) is 0 Å². The topological polar surface area (TPSA) is 77.2 Å². The highest BCUT2D eigenvalue weighted by molar-refractivity contribution is 5.92. The standard InChI is InChI=1S/C14H21N3O2/c1-16-14(18)12-9-10(7-8-17-12)19-13-6-4-2-3-5-11(13)15/h7-9,11,13H,2-6,15H2,1H3,(H,16,18). The summed E-state index contributed by atoms with van der Waals surface area (Å²) in [6.07, 6.45) is 7.11. The van der Waals surface area contributed by atoms with E-state index >= 15 is 0 Å². The van der Waals surface area contributed by atoms with Gasteiger partial charge in [-0.05, 0) is 25.3 Å². The lowest BCUT2D eigenvalue weighted by Gasteiger charge is -2.23. The smallest absolute Gasteiger partial charge is 0.269 e. The van der Waals surface area contributed by atoms with E-state index in [0.29, 0.717) is 11.4 Å². The molecule has 1 fully saturated rings. The van der Waals surface area contributed by atoms with Crippen molar-refractivity contribution in [3.8, 4) is 5.75 Å². The number of hydrogen-bond donors (Lipinski definition) is 2. The summed E-state index contributed by atoms with van der Waals surface area (Å²) >= 11 is 0. The third-order valence-corrected chi connectivity index (χ3v) is 3.48. The molecule has 2 rings (SSSR count). The summed E-state index contributed by atoms with van der Waals surface area (Å²) in [7, 11) is 1.58. The molecule has 0 aromatic carbocycles. The first kappa shape index (κ1) is 13.8. The zero-order chi connectivity index (χ0) is 13.7. The molecule has 5 nitrogen and oxygen atoms in total. The van der Waals surface area contributed by atoms with Crippen LogP contribution in [0.15, 0.2) is 18.3 Å². The number of aromatic nitrogens is 1. The lowest BCUT2D eigenvalue weighted by atomic mass is 10.1. The molecule has 1 saturated carbocycles. The second-order valence-electron chi connectivity index (χ2n) is 4.91. The van der Waals surface area contributed by atoms with Gasteiger partial charge in [-0.3, -0.25) is 9.78 Å². The summed E-state index contributed by atoms with van der Waals surface area (Å²) in [6, 6.07) is 3.50. The first-order valence-corrected chi connectivity index (χ1v) is 6.81. The molecule has 0 bridgehead atoms. The Morgan fingerprint density at radius 1 is 1.42 bits per heavy atom. The van der Waals surface area contributed by atoms with E-state index in [2.05, 4.69) is 10.3 Å². The third kappa shape index (κ3) is 3.67. The molecule has 0 spiro atoms. The van der Waals surface area contributed by atoms with Crippen LogP contribution in [-0.2, 0) is 0 Å². The maximum Gasteiger partial charge on any atom is 0.269 e. The normalized spacial score (nSPS) is 23.5. The van der Waals surface area contributed by atoms with Crippen molar-refractivity contribution in [3.05, 3.63) is 24.0 Å². The van der Waals surface area contributed by atoms with Crippen LogP contribution in [0.4, 0.5) is 0 Å². The van der Waals surface area contributed by atoms with E-state index in [4.69, 9.17) is 10.5 Å². The van der Waals surface area contributed by atoms with Gasteiger partial charge in [0.2, 0.25) is 0 Å². The largest absolute Gasteiger partial charge is 0.489 e. The van der Waals surface area contributed by atoms with Gasteiger partial charge in [-0.1, -0.05) is 12.8 Å². The number of nitrogens with zero attached hydrogens (tertiary/aromatic N) is 1. The summed E-state index contributed by atoms with van der Waals surface area (Å²) in [5.41, 5.74) is 6.49. The van der Waals surface area contributed by atoms with E-state index in [0.717, 1.165) is 19.3 Å². The number of nitrogens with one attached hydrogen (secondary N) is 1. The van der Waals surface area contributed by atoms with Gasteiger partial charge in [0.1, 0.15) is 17.5 Å². The van der Waals surface area contributed by atoms with E-state index in [9.17, 15) is 4.79 Å². The van der Waals surface area contributed by atoms with Gasteiger partial charge in [0.05, 0.1) is 0 Å². The Morgan fingerprint density at radius 2 is 2.21 bits per heavy atom. The van der Waals surface area contributed by atoms with Gasteiger partial charge in [-0.15, -0.1) is 0 Å². The minimum atomic E-state index is -0.212. The molecule has 1 heterocycles. The van der Waals surface area contributed by atoms with E-state index in [1.165, 1.54) is 12.8 Å². The molecule has 2 unspecified atom stereocenters. The number of amides is 1. The zero-order valence-electron chi connectivity index (χ0n) is 11.3. The highest BCUT2D eigenvalue weighted by Crippen LogP contribution is 2.22. The summed E-state index contributed by atoms with van der Waals surface area (Å²) in [6.45, 7) is 0. The monoisotopic (exact) mass is 263 g/mol. The number of ether oxygens (including phenoxy) is 1. The van der Waals surface area contributed by atoms with Crippen LogP contribution in [0.25, 0.3) is 0 Å². The Morgan fingerprint density at radius 3 is 3.00 bits per heavy atom. The molecule has 0 aliphatic heterocycles. The van der Waals surface area contributed by atoms with E-state index in [1.54, 1.807) is 25.4 Å². The number of hydrogen-bond acceptors (Lipinski definition) is 4. The second-order valence-corrected chi connectivity index (χ2v) is 4.91. The number of rotatable bonds is 3. The van der Waals surface area contributed by atoms with Crippen LogP contribution in [0.3, 0.4) is 0 Å². The summed E-state index contributed by atoms with van der Waals surface area (Å²) in [5.74, 6) is 0.451. The molecule has 1 aliphatic carbocycles. The molecule has 19 heavy (non-hydrogen) atoms. The molecule has 0 saturated heterocycles. The zero-order valence-corrected chi connectivity index (χ0v) is 11.3. The van der Waals surface area contributed by atoms with Gasteiger partial charge in [0, 0.05) is 25.4 Å². The molecule has 1 aliphatic rings. The molecule has 1 amide bonds. The van der Waals surface area contributed by atoms with Gasteiger partial charge in [0.15, 0.2) is 0 Å². The van der Waals surface area contributed by atoms with E-state index in [-0.39, 0.29) is 18.1 Å². The maximum absolute atomic E-state index is 11.5. The van der Waals surface area contributed by atoms with Crippen LogP contribution >= 0.6 is 0 Å². The molecule has 5 heteroatoms. The highest BCUT2D eigenvalue weighted by atomic mass is 16.5. The SMILES string of the molecule is CNC(=O)c1cc(OC2CCCCCC2N)ccn1. The number of carbonyl (C=O) groups excluding carboxylic acids is 1. The van der Waals surface area contributed by atoms with Crippen molar-refractivity contribution in [1.82, 2.24) is 10.3 Å². The van der Waals surface area contributed by atoms with Gasteiger partial charge >= 0.3 is 0 Å². The van der Waals surface area contributed by atoms with Crippen molar-refractivity contribution in [2.75, 3.05) is 7.05 Å². The van der Waals surface area contributed by atoms with Crippen molar-refractivity contribution in [2.45, 2.75) is 44.2 Å². The predicted molar refractivity (Wildman–Crippen MR) is 73.1 cm³/mol. The van der Waals surface area contributed by atoms with Gasteiger partial charge < -0.3 is 15.8 Å². The number of pyridine rings is 1. The van der Waals surface area contributed by atoms with Crippen molar-refractivity contribution in [2.24, 2.45) is 5.73 Å². The fourth-order valence-electron chi connectivity index (χ4n) is 2.36. The lowest BCUT2D eigenvalue weighted by Crippen LogP contribution is -2.37. The van der Waals surface area contributed by atoms with Crippen LogP contribution in [0, 0.1) is 0 Å². The maximum atomic E-state index is 11.5. The van der Waals surface area contributed by atoms with Crippen molar-refractivity contribution in [3.63, 3.8) is 0 Å². The Kier molecular flexibility index (Phi) is 4.74. The molecule has 2 atom stereocenters. The fourth-order valence-corrected chi connectivity index (χ4v) is 2.36. The molecule has 0 radical (unpaired) electrons. The lowest BCUT2D eigenvalue weighted by molar-refractivity contribution is 0.0956. The summed E-state index contributed by atoms with van der Waals surface area (Å²) in [4.78, 5) is 15.5. The van der Waals surface area contributed by atoms with Gasteiger partial charge in [-0.25, -0.2) is 0 Å². The Bertz CT molecular complexity index is 436. The van der Waals surface area contributed by atoms with E-state index < -0.39 is 0 Å². The van der Waals surface area contributed by atoms with Crippen LogP contribution in [0.1, 0.15) is 42.6 Å². The average molecular weight is 263 g/mol. The van der Waals surface area contributed by atoms with Crippen LogP contribution in [0.2, 0.25) is 0 Å². The fraction of sp³-hybridized carbons (Fsp3) is 0.571. The summed E-state index contributed by atoms with van der Waals surface area (Å²) in [5, 5.41) is 2.55. The van der Waals surface area contributed by atoms with Crippen molar-refractivity contribution < 1.29 is 9.53 Å². The molecule has 1 aromatic heterocycles. The highest BCUT2D eigenvalue weighted by Gasteiger charge is 2.22. The van der Waals surface area contributed by atoms with Crippen molar-refractivity contribution >= 4 is 5.91 Å². The van der Waals surface area contributed by atoms with Gasteiger partial charge in [-0.2, -0.15) is 0 Å². The molecule has 1 aromatic rings. The quantitative estimate of drug-likeness (QED) is 0.810. The minimum absolute atomic E-state index is 0.0300. The number of carbonyl (C=O) groups is 1. The summed E-state index contributed by atoms with van der Waals surface area (Å²) < 4.78 is 5.94. The van der Waals surface area contributed by atoms with Crippen LogP contribution in [-0.4, -0.2) is 30.1 Å². The molecule has 3 N–H and O–H groups in total. The van der Waals surface area contributed by atoms with Crippen LogP contribution in [0.5, 0.6) is 5.75 Å². The first-order valence-electron chi connectivity index (χ1n) is 6.81. The Balaban J connectivity index is 2.07. The predicted octanol–water partition coefficient (Wildman–Crippen LogP) is 1.48. The molecule has 104 valence electrons. The van der Waals surface area contributed by atoms with Crippen LogP contribution < -0.4 is 15.8 Å². The Hall–Kier alpha value is -1.62. The molecular weight excluding hydrogens is 242 g/mol.